The molecule has 6 heteroatoms. The van der Waals surface area contributed by atoms with Crippen LogP contribution in [0.15, 0.2) is 60.7 Å². The number of anilines is 4. The van der Waals surface area contributed by atoms with Crippen LogP contribution in [-0.4, -0.2) is 46.2 Å². The molecule has 35 heavy (non-hydrogen) atoms. The molecule has 0 aliphatic carbocycles. The quantitative estimate of drug-likeness (QED) is 0.276. The number of hydrogen-bond acceptors (Lipinski definition) is 4. The number of benzene rings is 2. The third-order valence-corrected chi connectivity index (χ3v) is 6.69. The molecular weight excluding hydrogens is 436 g/mol. The van der Waals surface area contributed by atoms with Gasteiger partial charge in [0.2, 0.25) is 0 Å². The second-order valence-corrected chi connectivity index (χ2v) is 9.71. The molecule has 3 rings (SSSR count). The lowest BCUT2D eigenvalue weighted by molar-refractivity contribution is -0.115. The van der Waals surface area contributed by atoms with Gasteiger partial charge in [-0.05, 0) is 55.0 Å². The predicted molar refractivity (Wildman–Crippen MR) is 148 cm³/mol. The fourth-order valence-electron chi connectivity index (χ4n) is 4.52. The molecule has 188 valence electrons. The highest BCUT2D eigenvalue weighted by molar-refractivity contribution is 6.27. The highest BCUT2D eigenvalue weighted by atomic mass is 16.2. The summed E-state index contributed by atoms with van der Waals surface area (Å²) >= 11 is 0. The van der Waals surface area contributed by atoms with Crippen LogP contribution in [0.5, 0.6) is 0 Å². The highest BCUT2D eigenvalue weighted by Gasteiger charge is 2.42. The maximum absolute atomic E-state index is 13.9. The van der Waals surface area contributed by atoms with Crippen molar-refractivity contribution in [1.82, 2.24) is 0 Å². The molecule has 0 saturated carbocycles. The van der Waals surface area contributed by atoms with E-state index in [1.54, 1.807) is 4.90 Å². The Morgan fingerprint density at radius 1 is 0.743 bits per heavy atom. The number of hydrogen-bond donors (Lipinski definition) is 0. The molecule has 6 nitrogen and oxygen atoms in total. The van der Waals surface area contributed by atoms with E-state index in [2.05, 4.69) is 13.5 Å². The van der Waals surface area contributed by atoms with Gasteiger partial charge in [-0.15, -0.1) is 0 Å². The minimum atomic E-state index is -0.344. The Balaban J connectivity index is 1.91. The number of nitrogens with zero attached hydrogens (tertiary/aromatic N) is 4. The minimum absolute atomic E-state index is 0.315. The topological polar surface area (TPSA) is 47.1 Å². The molecule has 0 radical (unpaired) electrons. The van der Waals surface area contributed by atoms with Gasteiger partial charge in [0, 0.05) is 50.8 Å². The molecule has 1 fully saturated rings. The Labute approximate surface area is 210 Å². The zero-order valence-electron chi connectivity index (χ0n) is 22.0. The molecule has 3 amide bonds. The maximum atomic E-state index is 13.9. The molecule has 0 N–H and O–H groups in total. The fraction of sp³-hybridized carbons (Fsp3) is 0.448. The standard InChI is InChI=1S/C29H40N4O2/c1-7-8-9-10-11-12-13-27-22(2)28(34)33(26-20-16-24(17-21-26)31(5)6)29(35)32(27)25-18-14-23(15-19-25)30(3)4/h14-21,27H,2,7-13H2,1,3-6H3. The van der Waals surface area contributed by atoms with Crippen molar-refractivity contribution < 1.29 is 9.59 Å². The summed E-state index contributed by atoms with van der Waals surface area (Å²) in [6.45, 7) is 6.39. The summed E-state index contributed by atoms with van der Waals surface area (Å²) in [5.41, 5.74) is 3.85. The Morgan fingerprint density at radius 2 is 1.23 bits per heavy atom. The Bertz CT molecular complexity index is 1010. The maximum Gasteiger partial charge on any atom is 0.336 e. The summed E-state index contributed by atoms with van der Waals surface area (Å²) in [6, 6.07) is 14.7. The average Bonchev–Trinajstić information content (AvgIpc) is 2.84. The summed E-state index contributed by atoms with van der Waals surface area (Å²) < 4.78 is 0. The van der Waals surface area contributed by atoms with Crippen LogP contribution in [0, 0.1) is 0 Å². The number of carbonyl (C=O) groups excluding carboxylic acids is 2. The van der Waals surface area contributed by atoms with Crippen LogP contribution in [0.1, 0.15) is 51.9 Å². The number of imide groups is 1. The van der Waals surface area contributed by atoms with E-state index in [9.17, 15) is 9.59 Å². The van der Waals surface area contributed by atoms with Gasteiger partial charge in [0.05, 0.1) is 11.7 Å². The van der Waals surface area contributed by atoms with Gasteiger partial charge in [0.25, 0.3) is 5.91 Å². The zero-order chi connectivity index (χ0) is 25.5. The van der Waals surface area contributed by atoms with Crippen molar-refractivity contribution in [3.63, 3.8) is 0 Å². The zero-order valence-corrected chi connectivity index (χ0v) is 22.0. The van der Waals surface area contributed by atoms with E-state index in [0.717, 1.165) is 36.3 Å². The summed E-state index contributed by atoms with van der Waals surface area (Å²) in [7, 11) is 7.89. The predicted octanol–water partition coefficient (Wildman–Crippen LogP) is 6.47. The Kier molecular flexibility index (Phi) is 8.96. The molecular formula is C29H40N4O2. The number of carbonyl (C=O) groups is 2. The number of unbranched alkanes of at least 4 members (excludes halogenated alkanes) is 5. The molecule has 1 atom stereocenters. The molecule has 0 bridgehead atoms. The number of urea groups is 1. The van der Waals surface area contributed by atoms with E-state index in [-0.39, 0.29) is 18.0 Å². The molecule has 1 unspecified atom stereocenters. The highest BCUT2D eigenvalue weighted by Crippen LogP contribution is 2.34. The SMILES string of the molecule is C=C1C(=O)N(c2ccc(N(C)C)cc2)C(=O)N(c2ccc(N(C)C)cc2)C1CCCCCCCC. The summed E-state index contributed by atoms with van der Waals surface area (Å²) in [5, 5.41) is 0. The normalized spacial score (nSPS) is 16.1. The van der Waals surface area contributed by atoms with Crippen LogP contribution < -0.4 is 19.6 Å². The summed E-state index contributed by atoms with van der Waals surface area (Å²) in [4.78, 5) is 34.3. The molecule has 1 heterocycles. The molecule has 2 aromatic carbocycles. The van der Waals surface area contributed by atoms with E-state index < -0.39 is 0 Å². The second kappa shape index (κ2) is 11.9. The molecule has 2 aromatic rings. The Morgan fingerprint density at radius 3 is 1.74 bits per heavy atom. The van der Waals surface area contributed by atoms with Crippen molar-refractivity contribution in [2.24, 2.45) is 0 Å². The Hall–Kier alpha value is -3.28. The van der Waals surface area contributed by atoms with E-state index in [0.29, 0.717) is 11.3 Å². The first-order valence-electron chi connectivity index (χ1n) is 12.7. The van der Waals surface area contributed by atoms with Crippen molar-refractivity contribution in [2.45, 2.75) is 57.9 Å². The first-order valence-corrected chi connectivity index (χ1v) is 12.7. The summed E-state index contributed by atoms with van der Waals surface area (Å²) in [5.74, 6) is -0.315. The summed E-state index contributed by atoms with van der Waals surface area (Å²) in [6.07, 6.45) is 7.64. The van der Waals surface area contributed by atoms with Gasteiger partial charge in [-0.25, -0.2) is 9.69 Å². The molecule has 1 saturated heterocycles. The van der Waals surface area contributed by atoms with E-state index >= 15 is 0 Å². The third kappa shape index (κ3) is 6.05. The van der Waals surface area contributed by atoms with E-state index in [1.165, 1.54) is 30.6 Å². The molecule has 0 spiro atoms. The van der Waals surface area contributed by atoms with Crippen molar-refractivity contribution in [1.29, 1.82) is 0 Å². The first-order chi connectivity index (χ1) is 16.8. The smallest absolute Gasteiger partial charge is 0.336 e. The molecule has 1 aliphatic rings. The minimum Gasteiger partial charge on any atom is -0.378 e. The fourth-order valence-corrected chi connectivity index (χ4v) is 4.52. The van der Waals surface area contributed by atoms with Gasteiger partial charge in [-0.2, -0.15) is 0 Å². The monoisotopic (exact) mass is 476 g/mol. The average molecular weight is 477 g/mol. The molecule has 0 aromatic heterocycles. The van der Waals surface area contributed by atoms with Crippen LogP contribution in [-0.2, 0) is 4.79 Å². The van der Waals surface area contributed by atoms with Gasteiger partial charge in [-0.3, -0.25) is 9.69 Å². The third-order valence-electron chi connectivity index (χ3n) is 6.69. The van der Waals surface area contributed by atoms with Crippen LogP contribution in [0.3, 0.4) is 0 Å². The van der Waals surface area contributed by atoms with Gasteiger partial charge in [-0.1, -0.05) is 52.0 Å². The van der Waals surface area contributed by atoms with Gasteiger partial charge < -0.3 is 9.80 Å². The van der Waals surface area contributed by atoms with Crippen molar-refractivity contribution in [2.75, 3.05) is 47.8 Å². The van der Waals surface area contributed by atoms with Crippen molar-refractivity contribution in [3.8, 4) is 0 Å². The lowest BCUT2D eigenvalue weighted by atomic mass is 9.95. The van der Waals surface area contributed by atoms with E-state index in [4.69, 9.17) is 0 Å². The largest absolute Gasteiger partial charge is 0.378 e. The van der Waals surface area contributed by atoms with Gasteiger partial charge in [0.15, 0.2) is 0 Å². The van der Waals surface area contributed by atoms with Crippen LogP contribution in [0.2, 0.25) is 0 Å². The van der Waals surface area contributed by atoms with Gasteiger partial charge >= 0.3 is 6.03 Å². The lowest BCUT2D eigenvalue weighted by Gasteiger charge is -2.41. The number of rotatable bonds is 11. The number of amides is 3. The van der Waals surface area contributed by atoms with Crippen molar-refractivity contribution >= 4 is 34.7 Å². The first kappa shape index (κ1) is 26.3. The van der Waals surface area contributed by atoms with Gasteiger partial charge in [0.1, 0.15) is 0 Å². The van der Waals surface area contributed by atoms with Crippen LogP contribution in [0.4, 0.5) is 27.5 Å². The van der Waals surface area contributed by atoms with E-state index in [1.807, 2.05) is 86.5 Å². The van der Waals surface area contributed by atoms with Crippen molar-refractivity contribution in [3.05, 3.63) is 60.7 Å². The van der Waals surface area contributed by atoms with Crippen LogP contribution >= 0.6 is 0 Å². The molecule has 1 aliphatic heterocycles. The second-order valence-electron chi connectivity index (χ2n) is 9.71. The lowest BCUT2D eigenvalue weighted by Crippen LogP contribution is -2.58. The van der Waals surface area contributed by atoms with Crippen LogP contribution in [0.25, 0.3) is 0 Å².